The average molecular weight is 387 g/mol. The van der Waals surface area contributed by atoms with Crippen molar-refractivity contribution < 1.29 is 9.59 Å². The molecule has 3 N–H and O–H groups in total. The Morgan fingerprint density at radius 2 is 1.83 bits per heavy atom. The van der Waals surface area contributed by atoms with Crippen LogP contribution in [0.25, 0.3) is 11.0 Å². The highest BCUT2D eigenvalue weighted by atomic mass is 79.9. The maximum atomic E-state index is 11.9. The fourth-order valence-electron chi connectivity index (χ4n) is 2.20. The standard InChI is InChI=1S/C17H15BrN4O2/c18-12-7-5-11(6-8-12)16(24)19-10-9-15(23)22-17-20-13-3-1-2-4-14(13)21-17/h1-8H,9-10H2,(H,19,24)(H2,20,21,22,23). The lowest BCUT2D eigenvalue weighted by Gasteiger charge is -2.05. The summed E-state index contributed by atoms with van der Waals surface area (Å²) >= 11 is 3.32. The van der Waals surface area contributed by atoms with Gasteiger partial charge in [0.25, 0.3) is 5.91 Å². The first-order valence-corrected chi connectivity index (χ1v) is 8.19. The molecule has 122 valence electrons. The number of hydrogen-bond acceptors (Lipinski definition) is 3. The van der Waals surface area contributed by atoms with Crippen LogP contribution in [0.15, 0.2) is 53.0 Å². The van der Waals surface area contributed by atoms with Gasteiger partial charge < -0.3 is 10.3 Å². The van der Waals surface area contributed by atoms with Gasteiger partial charge in [-0.2, -0.15) is 0 Å². The Morgan fingerprint density at radius 1 is 1.08 bits per heavy atom. The first-order chi connectivity index (χ1) is 11.6. The van der Waals surface area contributed by atoms with Crippen LogP contribution >= 0.6 is 15.9 Å². The number of carbonyl (C=O) groups is 2. The van der Waals surface area contributed by atoms with Crippen molar-refractivity contribution in [3.63, 3.8) is 0 Å². The molecule has 0 fully saturated rings. The topological polar surface area (TPSA) is 86.9 Å². The molecule has 0 aliphatic carbocycles. The molecule has 1 heterocycles. The Hall–Kier alpha value is -2.67. The number of fused-ring (bicyclic) bond motifs is 1. The summed E-state index contributed by atoms with van der Waals surface area (Å²) < 4.78 is 0.907. The van der Waals surface area contributed by atoms with Crippen molar-refractivity contribution in [3.8, 4) is 0 Å². The van der Waals surface area contributed by atoms with E-state index in [1.54, 1.807) is 24.3 Å². The molecule has 0 unspecified atom stereocenters. The summed E-state index contributed by atoms with van der Waals surface area (Å²) in [7, 11) is 0. The van der Waals surface area contributed by atoms with E-state index in [-0.39, 0.29) is 24.8 Å². The third-order valence-corrected chi connectivity index (χ3v) is 3.92. The lowest BCUT2D eigenvalue weighted by molar-refractivity contribution is -0.116. The summed E-state index contributed by atoms with van der Waals surface area (Å²) in [4.78, 5) is 31.2. The highest BCUT2D eigenvalue weighted by Gasteiger charge is 2.09. The number of carbonyl (C=O) groups excluding carboxylic acids is 2. The first-order valence-electron chi connectivity index (χ1n) is 7.40. The van der Waals surface area contributed by atoms with E-state index in [1.807, 2.05) is 24.3 Å². The van der Waals surface area contributed by atoms with E-state index in [1.165, 1.54) is 0 Å². The first kappa shape index (κ1) is 16.2. The second kappa shape index (κ2) is 7.27. The van der Waals surface area contributed by atoms with Gasteiger partial charge in [-0.15, -0.1) is 0 Å². The molecule has 0 spiro atoms. The predicted octanol–water partition coefficient (Wildman–Crippen LogP) is 3.08. The molecule has 0 aliphatic rings. The third-order valence-electron chi connectivity index (χ3n) is 3.39. The van der Waals surface area contributed by atoms with E-state index in [4.69, 9.17) is 0 Å². The van der Waals surface area contributed by atoms with Gasteiger partial charge in [-0.05, 0) is 36.4 Å². The van der Waals surface area contributed by atoms with Gasteiger partial charge in [-0.25, -0.2) is 4.98 Å². The number of hydrogen-bond donors (Lipinski definition) is 3. The van der Waals surface area contributed by atoms with Gasteiger partial charge in [-0.1, -0.05) is 28.1 Å². The maximum absolute atomic E-state index is 11.9. The molecule has 3 aromatic rings. The molecule has 2 aromatic carbocycles. The van der Waals surface area contributed by atoms with Crippen molar-refractivity contribution in [2.24, 2.45) is 0 Å². The van der Waals surface area contributed by atoms with Crippen molar-refractivity contribution in [2.45, 2.75) is 6.42 Å². The smallest absolute Gasteiger partial charge is 0.251 e. The average Bonchev–Trinajstić information content (AvgIpc) is 2.97. The van der Waals surface area contributed by atoms with E-state index in [0.29, 0.717) is 11.5 Å². The lowest BCUT2D eigenvalue weighted by Crippen LogP contribution is -2.27. The van der Waals surface area contributed by atoms with Crippen LogP contribution in [0.3, 0.4) is 0 Å². The summed E-state index contributed by atoms with van der Waals surface area (Å²) in [5.41, 5.74) is 2.20. The Morgan fingerprint density at radius 3 is 2.58 bits per heavy atom. The number of imidazole rings is 1. The van der Waals surface area contributed by atoms with Gasteiger partial charge in [0, 0.05) is 23.0 Å². The molecule has 0 atom stereocenters. The molecular weight excluding hydrogens is 372 g/mol. The molecule has 0 saturated heterocycles. The SMILES string of the molecule is O=C(CCNC(=O)c1ccc(Br)cc1)Nc1nc2ccccc2[nH]1. The number of para-hydroxylation sites is 2. The van der Waals surface area contributed by atoms with Crippen LogP contribution in [0, 0.1) is 0 Å². The minimum Gasteiger partial charge on any atom is -0.352 e. The van der Waals surface area contributed by atoms with Gasteiger partial charge in [0.1, 0.15) is 0 Å². The van der Waals surface area contributed by atoms with E-state index in [2.05, 4.69) is 36.5 Å². The largest absolute Gasteiger partial charge is 0.352 e. The maximum Gasteiger partial charge on any atom is 0.251 e. The molecule has 1 aromatic heterocycles. The molecular formula is C17H15BrN4O2. The second-order valence-electron chi connectivity index (χ2n) is 5.16. The molecule has 2 amide bonds. The van der Waals surface area contributed by atoms with Crippen molar-refractivity contribution in [2.75, 3.05) is 11.9 Å². The summed E-state index contributed by atoms with van der Waals surface area (Å²) in [6, 6.07) is 14.5. The number of nitrogens with one attached hydrogen (secondary N) is 3. The molecule has 0 bridgehead atoms. The predicted molar refractivity (Wildman–Crippen MR) is 95.8 cm³/mol. The zero-order valence-electron chi connectivity index (χ0n) is 12.7. The highest BCUT2D eigenvalue weighted by Crippen LogP contribution is 2.13. The molecule has 7 heteroatoms. The van der Waals surface area contributed by atoms with Crippen LogP contribution in [0.1, 0.15) is 16.8 Å². The molecule has 0 saturated carbocycles. The van der Waals surface area contributed by atoms with Crippen LogP contribution in [-0.2, 0) is 4.79 Å². The summed E-state index contributed by atoms with van der Waals surface area (Å²) in [5.74, 6) is -0.0235. The van der Waals surface area contributed by atoms with Gasteiger partial charge in [-0.3, -0.25) is 14.9 Å². The molecule has 6 nitrogen and oxygen atoms in total. The van der Waals surface area contributed by atoms with Crippen LogP contribution in [0.2, 0.25) is 0 Å². The van der Waals surface area contributed by atoms with Crippen molar-refractivity contribution in [3.05, 3.63) is 58.6 Å². The number of aromatic nitrogens is 2. The van der Waals surface area contributed by atoms with Crippen molar-refractivity contribution in [1.82, 2.24) is 15.3 Å². The van der Waals surface area contributed by atoms with E-state index >= 15 is 0 Å². The highest BCUT2D eigenvalue weighted by molar-refractivity contribution is 9.10. The summed E-state index contributed by atoms with van der Waals surface area (Å²) in [5, 5.41) is 5.41. The fourth-order valence-corrected chi connectivity index (χ4v) is 2.46. The van der Waals surface area contributed by atoms with Crippen LogP contribution in [0.5, 0.6) is 0 Å². The second-order valence-corrected chi connectivity index (χ2v) is 6.08. The summed E-state index contributed by atoms with van der Waals surface area (Å²) in [6.45, 7) is 0.251. The van der Waals surface area contributed by atoms with Gasteiger partial charge in [0.05, 0.1) is 11.0 Å². The van der Waals surface area contributed by atoms with Crippen molar-refractivity contribution >= 4 is 44.7 Å². The lowest BCUT2D eigenvalue weighted by atomic mass is 10.2. The zero-order valence-corrected chi connectivity index (χ0v) is 14.3. The normalized spacial score (nSPS) is 10.5. The van der Waals surface area contributed by atoms with Gasteiger partial charge >= 0.3 is 0 Å². The Bertz CT molecular complexity index is 841. The van der Waals surface area contributed by atoms with Crippen molar-refractivity contribution in [1.29, 1.82) is 0 Å². The number of rotatable bonds is 5. The molecule has 0 aliphatic heterocycles. The number of H-pyrrole nitrogens is 1. The number of amides is 2. The zero-order chi connectivity index (χ0) is 16.9. The Labute approximate surface area is 146 Å². The molecule has 0 radical (unpaired) electrons. The van der Waals surface area contributed by atoms with Crippen LogP contribution in [0.4, 0.5) is 5.95 Å². The van der Waals surface area contributed by atoms with E-state index in [0.717, 1.165) is 15.5 Å². The van der Waals surface area contributed by atoms with Gasteiger partial charge in [0.15, 0.2) is 0 Å². The minimum atomic E-state index is -0.217. The summed E-state index contributed by atoms with van der Waals surface area (Å²) in [6.07, 6.45) is 0.166. The van der Waals surface area contributed by atoms with E-state index < -0.39 is 0 Å². The van der Waals surface area contributed by atoms with Crippen LogP contribution < -0.4 is 10.6 Å². The Kier molecular flexibility index (Phi) is 4.90. The monoisotopic (exact) mass is 386 g/mol. The molecule has 24 heavy (non-hydrogen) atoms. The third kappa shape index (κ3) is 3.99. The number of aromatic amines is 1. The van der Waals surface area contributed by atoms with Crippen LogP contribution in [-0.4, -0.2) is 28.3 Å². The number of benzene rings is 2. The Balaban J connectivity index is 1.48. The number of halogens is 1. The fraction of sp³-hybridized carbons (Fsp3) is 0.118. The quantitative estimate of drug-likeness (QED) is 0.629. The number of anilines is 1. The number of nitrogens with zero attached hydrogens (tertiary/aromatic N) is 1. The minimum absolute atomic E-state index is 0.166. The van der Waals surface area contributed by atoms with Gasteiger partial charge in [0.2, 0.25) is 11.9 Å². The molecule has 3 rings (SSSR count). The van der Waals surface area contributed by atoms with E-state index in [9.17, 15) is 9.59 Å².